The maximum Gasteiger partial charge on any atom is 0.226 e. The first-order chi connectivity index (χ1) is 12.4. The topological polar surface area (TPSA) is 67.9 Å². The second kappa shape index (κ2) is 9.10. The minimum absolute atomic E-state index is 0.118. The predicted molar refractivity (Wildman–Crippen MR) is 102 cm³/mol. The van der Waals surface area contributed by atoms with Crippen molar-refractivity contribution in [3.63, 3.8) is 0 Å². The molecule has 0 aliphatic carbocycles. The van der Waals surface area contributed by atoms with Crippen LogP contribution >= 0.6 is 11.6 Å². The van der Waals surface area contributed by atoms with Crippen LogP contribution < -0.4 is 19.7 Å². The number of nitrogens with zero attached hydrogens (tertiary/aromatic N) is 1. The number of carbonyl (C=O) groups excluding carboxylic acids is 2. The third-order valence-electron chi connectivity index (χ3n) is 3.74. The number of methoxy groups -OCH3 is 2. The number of benzene rings is 2. The van der Waals surface area contributed by atoms with Crippen LogP contribution in [0.15, 0.2) is 42.5 Å². The van der Waals surface area contributed by atoms with Gasteiger partial charge in [-0.1, -0.05) is 17.7 Å². The number of carbonyl (C=O) groups is 2. The van der Waals surface area contributed by atoms with Crippen LogP contribution in [0.1, 0.15) is 13.3 Å². The first-order valence-electron chi connectivity index (χ1n) is 8.00. The van der Waals surface area contributed by atoms with Crippen LogP contribution in [0.2, 0.25) is 5.02 Å². The molecule has 0 spiro atoms. The lowest BCUT2D eigenvalue weighted by atomic mass is 10.2. The summed E-state index contributed by atoms with van der Waals surface area (Å²) in [6.07, 6.45) is 0.118. The average molecular weight is 377 g/mol. The van der Waals surface area contributed by atoms with E-state index in [1.807, 2.05) is 0 Å². The van der Waals surface area contributed by atoms with Gasteiger partial charge in [-0.25, -0.2) is 0 Å². The molecule has 138 valence electrons. The van der Waals surface area contributed by atoms with Gasteiger partial charge in [-0.3, -0.25) is 9.59 Å². The molecule has 26 heavy (non-hydrogen) atoms. The van der Waals surface area contributed by atoms with Crippen LogP contribution in [0, 0.1) is 0 Å². The lowest BCUT2D eigenvalue weighted by Gasteiger charge is -2.21. The van der Waals surface area contributed by atoms with Gasteiger partial charge in [0.2, 0.25) is 11.8 Å². The van der Waals surface area contributed by atoms with Gasteiger partial charge >= 0.3 is 0 Å². The molecule has 0 aliphatic rings. The molecule has 0 fully saturated rings. The van der Waals surface area contributed by atoms with Gasteiger partial charge in [-0.15, -0.1) is 0 Å². The summed E-state index contributed by atoms with van der Waals surface area (Å²) in [6, 6.07) is 12.1. The molecule has 2 aromatic carbocycles. The van der Waals surface area contributed by atoms with E-state index in [1.165, 1.54) is 18.9 Å². The highest BCUT2D eigenvalue weighted by atomic mass is 35.5. The maximum absolute atomic E-state index is 12.3. The highest BCUT2D eigenvalue weighted by Gasteiger charge is 2.15. The minimum atomic E-state index is -0.250. The molecule has 1 N–H and O–H groups in total. The standard InChI is InChI=1S/C19H21ClN2O4/c1-13(23)22(15-5-4-6-16(12-15)25-2)10-9-19(24)21-17-11-14(20)7-8-18(17)26-3/h4-8,11-12H,9-10H2,1-3H3,(H,21,24). The Morgan fingerprint density at radius 1 is 1.12 bits per heavy atom. The van der Waals surface area contributed by atoms with Gasteiger partial charge in [-0.2, -0.15) is 0 Å². The Labute approximate surface area is 157 Å². The van der Waals surface area contributed by atoms with Crippen molar-refractivity contribution >= 4 is 34.8 Å². The fourth-order valence-electron chi connectivity index (χ4n) is 2.45. The Morgan fingerprint density at radius 2 is 1.88 bits per heavy atom. The van der Waals surface area contributed by atoms with E-state index in [0.717, 1.165) is 0 Å². The summed E-state index contributed by atoms with van der Waals surface area (Å²) < 4.78 is 10.4. The third kappa shape index (κ3) is 5.13. The summed E-state index contributed by atoms with van der Waals surface area (Å²) in [7, 11) is 3.07. The zero-order valence-corrected chi connectivity index (χ0v) is 15.7. The molecule has 0 unspecified atom stereocenters. The van der Waals surface area contributed by atoms with Crippen molar-refractivity contribution < 1.29 is 19.1 Å². The predicted octanol–water partition coefficient (Wildman–Crippen LogP) is 3.74. The van der Waals surface area contributed by atoms with Crippen molar-refractivity contribution in [2.45, 2.75) is 13.3 Å². The molecule has 6 nitrogen and oxygen atoms in total. The zero-order valence-electron chi connectivity index (χ0n) is 14.9. The monoisotopic (exact) mass is 376 g/mol. The van der Waals surface area contributed by atoms with E-state index in [0.29, 0.717) is 27.9 Å². The Balaban J connectivity index is 2.06. The second-order valence-electron chi connectivity index (χ2n) is 5.51. The second-order valence-corrected chi connectivity index (χ2v) is 5.95. The maximum atomic E-state index is 12.3. The van der Waals surface area contributed by atoms with E-state index in [9.17, 15) is 9.59 Å². The van der Waals surface area contributed by atoms with Gasteiger partial charge in [0.05, 0.1) is 19.9 Å². The van der Waals surface area contributed by atoms with E-state index < -0.39 is 0 Å². The van der Waals surface area contributed by atoms with Gasteiger partial charge in [0.25, 0.3) is 0 Å². The number of anilines is 2. The Kier molecular flexibility index (Phi) is 6.86. The zero-order chi connectivity index (χ0) is 19.1. The molecule has 0 aromatic heterocycles. The van der Waals surface area contributed by atoms with Gasteiger partial charge in [0.1, 0.15) is 11.5 Å². The van der Waals surface area contributed by atoms with E-state index in [1.54, 1.807) is 49.6 Å². The molecule has 0 radical (unpaired) electrons. The van der Waals surface area contributed by atoms with Gasteiger partial charge in [-0.05, 0) is 30.3 Å². The molecule has 0 atom stereocenters. The van der Waals surface area contributed by atoms with Crippen molar-refractivity contribution in [1.82, 2.24) is 0 Å². The molecule has 2 rings (SSSR count). The lowest BCUT2D eigenvalue weighted by Crippen LogP contribution is -2.32. The van der Waals surface area contributed by atoms with E-state index in [-0.39, 0.29) is 24.8 Å². The number of amides is 2. The Hall–Kier alpha value is -2.73. The van der Waals surface area contributed by atoms with Gasteiger partial charge < -0.3 is 19.7 Å². The SMILES string of the molecule is COc1cccc(N(CCC(=O)Nc2cc(Cl)ccc2OC)C(C)=O)c1. The fourth-order valence-corrected chi connectivity index (χ4v) is 2.62. The summed E-state index contributed by atoms with van der Waals surface area (Å²) in [4.78, 5) is 25.8. The van der Waals surface area contributed by atoms with Crippen LogP contribution in [0.3, 0.4) is 0 Å². The summed E-state index contributed by atoms with van der Waals surface area (Å²) in [5.41, 5.74) is 1.16. The van der Waals surface area contributed by atoms with E-state index >= 15 is 0 Å². The minimum Gasteiger partial charge on any atom is -0.497 e. The van der Waals surface area contributed by atoms with Crippen LogP contribution in [0.25, 0.3) is 0 Å². The van der Waals surface area contributed by atoms with Crippen molar-refractivity contribution in [2.24, 2.45) is 0 Å². The third-order valence-corrected chi connectivity index (χ3v) is 3.98. The number of nitrogens with one attached hydrogen (secondary N) is 1. The van der Waals surface area contributed by atoms with Crippen molar-refractivity contribution in [1.29, 1.82) is 0 Å². The molecule has 0 bridgehead atoms. The number of hydrogen-bond donors (Lipinski definition) is 1. The number of halogens is 1. The van der Waals surface area contributed by atoms with Crippen molar-refractivity contribution in [3.8, 4) is 11.5 Å². The van der Waals surface area contributed by atoms with Gasteiger partial charge in [0, 0.05) is 36.7 Å². The molecule has 0 aliphatic heterocycles. The van der Waals surface area contributed by atoms with Crippen molar-refractivity contribution in [3.05, 3.63) is 47.5 Å². The molecule has 0 saturated carbocycles. The summed E-state index contributed by atoms with van der Waals surface area (Å²) in [5, 5.41) is 3.25. The van der Waals surface area contributed by atoms with Crippen LogP contribution in [-0.2, 0) is 9.59 Å². The van der Waals surface area contributed by atoms with Crippen LogP contribution in [0.4, 0.5) is 11.4 Å². The fraction of sp³-hybridized carbons (Fsp3) is 0.263. The van der Waals surface area contributed by atoms with Gasteiger partial charge in [0.15, 0.2) is 0 Å². The number of ether oxygens (including phenoxy) is 2. The van der Waals surface area contributed by atoms with E-state index in [4.69, 9.17) is 21.1 Å². The molecular weight excluding hydrogens is 356 g/mol. The van der Waals surface area contributed by atoms with Crippen molar-refractivity contribution in [2.75, 3.05) is 31.0 Å². The molecule has 0 saturated heterocycles. The highest BCUT2D eigenvalue weighted by Crippen LogP contribution is 2.28. The summed E-state index contributed by atoms with van der Waals surface area (Å²) >= 11 is 5.96. The van der Waals surface area contributed by atoms with E-state index in [2.05, 4.69) is 5.32 Å². The summed E-state index contributed by atoms with van der Waals surface area (Å²) in [5.74, 6) is 0.743. The Morgan fingerprint density at radius 3 is 2.54 bits per heavy atom. The molecule has 2 amide bonds. The molecule has 0 heterocycles. The normalized spacial score (nSPS) is 10.2. The molecular formula is C19H21ClN2O4. The lowest BCUT2D eigenvalue weighted by molar-refractivity contribution is -0.117. The largest absolute Gasteiger partial charge is 0.497 e. The smallest absolute Gasteiger partial charge is 0.226 e. The summed E-state index contributed by atoms with van der Waals surface area (Å²) in [6.45, 7) is 1.69. The van der Waals surface area contributed by atoms with Crippen LogP contribution in [0.5, 0.6) is 11.5 Å². The first-order valence-corrected chi connectivity index (χ1v) is 8.38. The first kappa shape index (κ1) is 19.6. The quantitative estimate of drug-likeness (QED) is 0.799. The Bertz CT molecular complexity index is 795. The number of rotatable bonds is 7. The molecule has 2 aromatic rings. The number of hydrogen-bond acceptors (Lipinski definition) is 4. The molecule has 7 heteroatoms. The average Bonchev–Trinajstić information content (AvgIpc) is 2.62. The van der Waals surface area contributed by atoms with Crippen LogP contribution in [-0.4, -0.2) is 32.6 Å². The highest BCUT2D eigenvalue weighted by molar-refractivity contribution is 6.31.